The first-order chi connectivity index (χ1) is 11.8. The molecule has 0 unspecified atom stereocenters. The van der Waals surface area contributed by atoms with Crippen LogP contribution in [0, 0.1) is 0 Å². The number of fused-ring (bicyclic) bond motifs is 1. The van der Waals surface area contributed by atoms with Crippen LogP contribution in [0.5, 0.6) is 5.75 Å². The van der Waals surface area contributed by atoms with Crippen molar-refractivity contribution in [1.29, 1.82) is 0 Å². The molecule has 6 heteroatoms. The van der Waals surface area contributed by atoms with Gasteiger partial charge in [-0.15, -0.1) is 5.10 Å². The number of benzene rings is 2. The molecule has 0 bridgehead atoms. The lowest BCUT2D eigenvalue weighted by atomic mass is 10.00. The Bertz CT molecular complexity index is 998. The molecule has 0 aliphatic heterocycles. The molecule has 0 radical (unpaired) electrons. The van der Waals surface area contributed by atoms with Gasteiger partial charge in [0, 0.05) is 11.1 Å². The highest BCUT2D eigenvalue weighted by atomic mass is 35.5. The van der Waals surface area contributed by atoms with E-state index in [-0.39, 0.29) is 5.15 Å². The molecule has 4 rings (SSSR count). The number of aromatic nitrogens is 3. The fraction of sp³-hybridized carbons (Fsp3) is 0.0556. The van der Waals surface area contributed by atoms with E-state index in [1.54, 1.807) is 7.11 Å². The fourth-order valence-electron chi connectivity index (χ4n) is 2.66. The van der Waals surface area contributed by atoms with E-state index in [4.69, 9.17) is 20.8 Å². The number of nitrogens with zero attached hydrogens (tertiary/aromatic N) is 3. The lowest BCUT2D eigenvalue weighted by Gasteiger charge is -2.05. The number of methoxy groups -OCH3 is 1. The van der Waals surface area contributed by atoms with E-state index >= 15 is 0 Å². The zero-order valence-electron chi connectivity index (χ0n) is 12.7. The van der Waals surface area contributed by atoms with E-state index in [0.29, 0.717) is 16.9 Å². The fourth-order valence-corrected chi connectivity index (χ4v) is 2.87. The highest BCUT2D eigenvalue weighted by molar-refractivity contribution is 6.35. The third kappa shape index (κ3) is 2.39. The van der Waals surface area contributed by atoms with Crippen LogP contribution in [-0.2, 0) is 0 Å². The van der Waals surface area contributed by atoms with Crippen LogP contribution in [0.1, 0.15) is 0 Å². The van der Waals surface area contributed by atoms with Crippen molar-refractivity contribution in [2.75, 3.05) is 7.11 Å². The molecule has 24 heavy (non-hydrogen) atoms. The van der Waals surface area contributed by atoms with Gasteiger partial charge in [0.2, 0.25) is 0 Å². The minimum Gasteiger partial charge on any atom is -0.497 e. The summed E-state index contributed by atoms with van der Waals surface area (Å²) in [5.41, 5.74) is 3.06. The Hall–Kier alpha value is -2.92. The van der Waals surface area contributed by atoms with Crippen LogP contribution in [0.15, 0.2) is 59.0 Å². The van der Waals surface area contributed by atoms with E-state index in [9.17, 15) is 0 Å². The highest BCUT2D eigenvalue weighted by Crippen LogP contribution is 2.42. The molecule has 2 heterocycles. The minimum absolute atomic E-state index is 0.261. The molecule has 4 aromatic rings. The predicted molar refractivity (Wildman–Crippen MR) is 92.0 cm³/mol. The maximum absolute atomic E-state index is 6.27. The van der Waals surface area contributed by atoms with Crippen LogP contribution in [0.4, 0.5) is 0 Å². The van der Waals surface area contributed by atoms with Crippen LogP contribution in [0.2, 0.25) is 5.15 Å². The number of hydrogen-bond donors (Lipinski definition) is 0. The van der Waals surface area contributed by atoms with Crippen molar-refractivity contribution < 1.29 is 9.15 Å². The number of ether oxygens (including phenoxy) is 1. The van der Waals surface area contributed by atoms with Crippen LogP contribution in [-0.4, -0.2) is 22.5 Å². The number of halogens is 1. The molecule has 0 saturated heterocycles. The monoisotopic (exact) mass is 337 g/mol. The maximum Gasteiger partial charge on any atom is 0.252 e. The van der Waals surface area contributed by atoms with Gasteiger partial charge in [0.15, 0.2) is 5.15 Å². The molecule has 0 amide bonds. The molecule has 2 aromatic heterocycles. The van der Waals surface area contributed by atoms with Gasteiger partial charge in [0.25, 0.3) is 5.71 Å². The van der Waals surface area contributed by atoms with Gasteiger partial charge < -0.3 is 9.15 Å². The molecule has 2 aromatic carbocycles. The first-order valence-electron chi connectivity index (χ1n) is 7.29. The van der Waals surface area contributed by atoms with Gasteiger partial charge in [0.05, 0.1) is 12.5 Å². The molecule has 118 valence electrons. The largest absolute Gasteiger partial charge is 0.497 e. The van der Waals surface area contributed by atoms with Crippen molar-refractivity contribution in [1.82, 2.24) is 15.4 Å². The zero-order valence-corrected chi connectivity index (χ0v) is 13.5. The SMILES string of the molecule is COc1ccc(-c2c(-c3ccccc3)oc3nnnc(Cl)c23)cc1. The third-order valence-corrected chi connectivity index (χ3v) is 4.04. The van der Waals surface area contributed by atoms with Crippen LogP contribution in [0.25, 0.3) is 33.6 Å². The third-order valence-electron chi connectivity index (χ3n) is 3.78. The molecule has 0 aliphatic rings. The first kappa shape index (κ1) is 14.7. The van der Waals surface area contributed by atoms with Crippen molar-refractivity contribution in [3.05, 3.63) is 59.8 Å². The molecule has 0 N–H and O–H groups in total. The molecule has 0 spiro atoms. The van der Waals surface area contributed by atoms with Gasteiger partial charge in [-0.25, -0.2) is 0 Å². The van der Waals surface area contributed by atoms with E-state index in [0.717, 1.165) is 22.4 Å². The number of rotatable bonds is 3. The second-order valence-electron chi connectivity index (χ2n) is 5.16. The van der Waals surface area contributed by atoms with E-state index in [2.05, 4.69) is 15.4 Å². The van der Waals surface area contributed by atoms with E-state index < -0.39 is 0 Å². The summed E-state index contributed by atoms with van der Waals surface area (Å²) in [5, 5.41) is 12.4. The lowest BCUT2D eigenvalue weighted by molar-refractivity contribution is 0.415. The quantitative estimate of drug-likeness (QED) is 0.546. The Labute approximate surface area is 142 Å². The lowest BCUT2D eigenvalue weighted by Crippen LogP contribution is -1.88. The van der Waals surface area contributed by atoms with E-state index in [1.165, 1.54) is 0 Å². The highest BCUT2D eigenvalue weighted by Gasteiger charge is 2.21. The Kier molecular flexibility index (Phi) is 3.63. The number of furan rings is 1. The summed E-state index contributed by atoms with van der Waals surface area (Å²) < 4.78 is 11.2. The maximum atomic E-state index is 6.27. The Balaban J connectivity index is 2.03. The van der Waals surface area contributed by atoms with E-state index in [1.807, 2.05) is 54.6 Å². The predicted octanol–water partition coefficient (Wildman–Crippen LogP) is 4.61. The van der Waals surface area contributed by atoms with Crippen molar-refractivity contribution in [2.24, 2.45) is 0 Å². The molecule has 0 atom stereocenters. The van der Waals surface area contributed by atoms with Crippen molar-refractivity contribution in [2.45, 2.75) is 0 Å². The van der Waals surface area contributed by atoms with Gasteiger partial charge >= 0.3 is 0 Å². The average molecular weight is 338 g/mol. The smallest absolute Gasteiger partial charge is 0.252 e. The van der Waals surface area contributed by atoms with Crippen molar-refractivity contribution >= 4 is 22.7 Å². The summed E-state index contributed by atoms with van der Waals surface area (Å²) in [7, 11) is 1.63. The van der Waals surface area contributed by atoms with Gasteiger partial charge in [-0.05, 0) is 22.9 Å². The van der Waals surface area contributed by atoms with Gasteiger partial charge in [0.1, 0.15) is 11.5 Å². The van der Waals surface area contributed by atoms with Gasteiger partial charge in [-0.2, -0.15) is 0 Å². The standard InChI is InChI=1S/C18H12ClN3O2/c1-23-13-9-7-11(8-10-13)14-15-17(19)20-22-21-18(15)24-16(14)12-5-3-2-4-6-12/h2-10H,1H3. The topological polar surface area (TPSA) is 61.0 Å². The first-order valence-corrected chi connectivity index (χ1v) is 7.67. The molecular weight excluding hydrogens is 326 g/mol. The summed E-state index contributed by atoms with van der Waals surface area (Å²) in [4.78, 5) is 0. The normalized spacial score (nSPS) is 10.9. The number of hydrogen-bond acceptors (Lipinski definition) is 5. The Morgan fingerprint density at radius 3 is 2.38 bits per heavy atom. The molecule has 0 saturated carbocycles. The zero-order chi connectivity index (χ0) is 16.5. The van der Waals surface area contributed by atoms with Crippen molar-refractivity contribution in [3.8, 4) is 28.2 Å². The second-order valence-corrected chi connectivity index (χ2v) is 5.52. The average Bonchev–Trinajstić information content (AvgIpc) is 3.03. The minimum atomic E-state index is 0.261. The summed E-state index contributed by atoms with van der Waals surface area (Å²) in [6, 6.07) is 17.5. The Morgan fingerprint density at radius 1 is 0.917 bits per heavy atom. The summed E-state index contributed by atoms with van der Waals surface area (Å²) in [6.07, 6.45) is 0. The van der Waals surface area contributed by atoms with Gasteiger partial charge in [-0.3, -0.25) is 0 Å². The summed E-state index contributed by atoms with van der Waals surface area (Å²) in [6.45, 7) is 0. The molecule has 5 nitrogen and oxygen atoms in total. The summed E-state index contributed by atoms with van der Waals surface area (Å²) in [5.74, 6) is 1.46. The molecule has 0 fully saturated rings. The van der Waals surface area contributed by atoms with Crippen LogP contribution in [0.3, 0.4) is 0 Å². The van der Waals surface area contributed by atoms with Crippen LogP contribution < -0.4 is 4.74 Å². The second kappa shape index (κ2) is 5.94. The van der Waals surface area contributed by atoms with Crippen molar-refractivity contribution in [3.63, 3.8) is 0 Å². The van der Waals surface area contributed by atoms with Crippen LogP contribution >= 0.6 is 11.6 Å². The summed E-state index contributed by atoms with van der Waals surface area (Å²) >= 11 is 6.27. The Morgan fingerprint density at radius 2 is 1.67 bits per heavy atom. The molecular formula is C18H12ClN3O2. The molecule has 0 aliphatic carbocycles. The van der Waals surface area contributed by atoms with Gasteiger partial charge in [-0.1, -0.05) is 59.2 Å².